The number of carbonyl (C=O) groups excluding carboxylic acids is 2. The quantitative estimate of drug-likeness (QED) is 0.852. The van der Waals surface area contributed by atoms with Crippen molar-refractivity contribution in [3.8, 4) is 6.07 Å². The van der Waals surface area contributed by atoms with Gasteiger partial charge in [-0.2, -0.15) is 5.26 Å². The number of amides is 2. The smallest absolute Gasteiger partial charge is 0.243 e. The lowest BCUT2D eigenvalue weighted by Gasteiger charge is -2.32. The summed E-state index contributed by atoms with van der Waals surface area (Å²) in [6.45, 7) is 2.99. The van der Waals surface area contributed by atoms with Crippen molar-refractivity contribution >= 4 is 29.1 Å². The van der Waals surface area contributed by atoms with Crippen molar-refractivity contribution in [3.63, 3.8) is 0 Å². The molecule has 0 spiro atoms. The van der Waals surface area contributed by atoms with Crippen LogP contribution in [0.25, 0.3) is 0 Å². The summed E-state index contributed by atoms with van der Waals surface area (Å²) < 4.78 is 0. The number of hydrogen-bond donors (Lipinski definition) is 2. The van der Waals surface area contributed by atoms with E-state index in [1.165, 1.54) is 13.0 Å². The van der Waals surface area contributed by atoms with Crippen LogP contribution < -0.4 is 10.6 Å². The molecule has 0 bridgehead atoms. The first-order chi connectivity index (χ1) is 10.0. The van der Waals surface area contributed by atoms with Crippen LogP contribution in [0.3, 0.4) is 0 Å². The maximum absolute atomic E-state index is 12.2. The van der Waals surface area contributed by atoms with Gasteiger partial charge < -0.3 is 15.5 Å². The van der Waals surface area contributed by atoms with Crippen molar-refractivity contribution in [1.29, 1.82) is 5.26 Å². The summed E-state index contributed by atoms with van der Waals surface area (Å²) in [6.07, 6.45) is 0. The molecular formula is C14H15ClN4O2. The van der Waals surface area contributed by atoms with Crippen LogP contribution in [0.1, 0.15) is 12.5 Å². The van der Waals surface area contributed by atoms with Crippen LogP contribution in [0, 0.1) is 11.3 Å². The van der Waals surface area contributed by atoms with Gasteiger partial charge in [0.15, 0.2) is 0 Å². The molecule has 1 unspecified atom stereocenters. The molecule has 1 saturated heterocycles. The Morgan fingerprint density at radius 2 is 2.29 bits per heavy atom. The van der Waals surface area contributed by atoms with Gasteiger partial charge in [0, 0.05) is 32.2 Å². The van der Waals surface area contributed by atoms with Crippen LogP contribution in [0.15, 0.2) is 18.2 Å². The van der Waals surface area contributed by atoms with E-state index in [0.717, 1.165) is 0 Å². The van der Waals surface area contributed by atoms with Gasteiger partial charge in [0.25, 0.3) is 0 Å². The number of halogens is 1. The number of nitrogens with one attached hydrogen (secondary N) is 2. The summed E-state index contributed by atoms with van der Waals surface area (Å²) in [7, 11) is 0. The summed E-state index contributed by atoms with van der Waals surface area (Å²) in [5, 5.41) is 15.1. The molecule has 0 saturated carbocycles. The summed E-state index contributed by atoms with van der Waals surface area (Å²) >= 11 is 5.84. The predicted molar refractivity (Wildman–Crippen MR) is 78.8 cm³/mol. The minimum absolute atomic E-state index is 0.0486. The lowest BCUT2D eigenvalue weighted by atomic mass is 10.1. The Morgan fingerprint density at radius 3 is 2.95 bits per heavy atom. The number of anilines is 1. The molecule has 6 nitrogen and oxygen atoms in total. The van der Waals surface area contributed by atoms with Crippen molar-refractivity contribution in [2.45, 2.75) is 13.0 Å². The van der Waals surface area contributed by atoms with Crippen LogP contribution in [0.2, 0.25) is 5.02 Å². The van der Waals surface area contributed by atoms with Crippen LogP contribution in [0.5, 0.6) is 0 Å². The first kappa shape index (κ1) is 15.3. The first-order valence-corrected chi connectivity index (χ1v) is 6.88. The molecule has 1 aliphatic heterocycles. The van der Waals surface area contributed by atoms with E-state index in [9.17, 15) is 9.59 Å². The zero-order valence-corrected chi connectivity index (χ0v) is 12.3. The van der Waals surface area contributed by atoms with Gasteiger partial charge >= 0.3 is 0 Å². The maximum Gasteiger partial charge on any atom is 0.243 e. The predicted octanol–water partition coefficient (Wildman–Crippen LogP) is 0.970. The molecule has 1 aromatic carbocycles. The second-order valence-corrected chi connectivity index (χ2v) is 5.17. The zero-order chi connectivity index (χ0) is 15.4. The van der Waals surface area contributed by atoms with Gasteiger partial charge in [-0.15, -0.1) is 0 Å². The topological polar surface area (TPSA) is 85.2 Å². The number of piperazine rings is 1. The molecule has 2 amide bonds. The first-order valence-electron chi connectivity index (χ1n) is 6.50. The largest absolute Gasteiger partial charge is 0.340 e. The van der Waals surface area contributed by atoms with E-state index in [2.05, 4.69) is 10.6 Å². The fourth-order valence-corrected chi connectivity index (χ4v) is 2.29. The third-order valence-corrected chi connectivity index (χ3v) is 3.62. The normalized spacial score (nSPS) is 18.0. The Morgan fingerprint density at radius 1 is 1.52 bits per heavy atom. The Balaban J connectivity index is 2.04. The molecule has 1 atom stereocenters. The van der Waals surface area contributed by atoms with E-state index >= 15 is 0 Å². The molecule has 2 rings (SSSR count). The zero-order valence-electron chi connectivity index (χ0n) is 11.5. The average Bonchev–Trinajstić information content (AvgIpc) is 2.49. The average molecular weight is 307 g/mol. The Kier molecular flexibility index (Phi) is 4.78. The second kappa shape index (κ2) is 6.57. The highest BCUT2D eigenvalue weighted by atomic mass is 35.5. The number of carbonyl (C=O) groups is 2. The molecule has 0 aromatic heterocycles. The summed E-state index contributed by atoms with van der Waals surface area (Å²) in [6, 6.07) is 6.20. The highest BCUT2D eigenvalue weighted by Gasteiger charge is 2.26. The van der Waals surface area contributed by atoms with Crippen molar-refractivity contribution in [1.82, 2.24) is 10.2 Å². The van der Waals surface area contributed by atoms with Gasteiger partial charge in [-0.05, 0) is 18.2 Å². The number of hydrogen-bond acceptors (Lipinski definition) is 4. The maximum atomic E-state index is 12.2. The summed E-state index contributed by atoms with van der Waals surface area (Å²) in [5.74, 6) is -0.292. The summed E-state index contributed by atoms with van der Waals surface area (Å²) in [5.41, 5.74) is 0.805. The third kappa shape index (κ3) is 3.72. The van der Waals surface area contributed by atoms with E-state index in [4.69, 9.17) is 16.9 Å². The summed E-state index contributed by atoms with van der Waals surface area (Å²) in [4.78, 5) is 25.2. The number of nitriles is 1. The molecule has 0 radical (unpaired) electrons. The third-order valence-electron chi connectivity index (χ3n) is 3.29. The molecule has 2 N–H and O–H groups in total. The molecule has 21 heavy (non-hydrogen) atoms. The molecule has 1 aromatic rings. The Labute approximate surface area is 127 Å². The molecule has 1 aliphatic rings. The lowest BCUT2D eigenvalue weighted by molar-refractivity contribution is -0.131. The highest BCUT2D eigenvalue weighted by molar-refractivity contribution is 6.31. The molecule has 1 fully saturated rings. The van der Waals surface area contributed by atoms with Gasteiger partial charge in [-0.1, -0.05) is 11.6 Å². The van der Waals surface area contributed by atoms with Crippen LogP contribution in [-0.4, -0.2) is 42.4 Å². The van der Waals surface area contributed by atoms with Gasteiger partial charge in [-0.3, -0.25) is 9.59 Å². The van der Waals surface area contributed by atoms with Gasteiger partial charge in [0.05, 0.1) is 10.6 Å². The lowest BCUT2D eigenvalue weighted by Crippen LogP contribution is -2.56. The number of benzene rings is 1. The van der Waals surface area contributed by atoms with Crippen molar-refractivity contribution in [2.75, 3.05) is 25.0 Å². The minimum atomic E-state index is -0.469. The van der Waals surface area contributed by atoms with Gasteiger partial charge in [-0.25, -0.2) is 0 Å². The molecular weight excluding hydrogens is 292 g/mol. The van der Waals surface area contributed by atoms with Crippen LogP contribution in [0.4, 0.5) is 5.69 Å². The molecule has 1 heterocycles. The van der Waals surface area contributed by atoms with E-state index in [-0.39, 0.29) is 11.8 Å². The minimum Gasteiger partial charge on any atom is -0.340 e. The standard InChI is InChI=1S/C14H15ClN4O2/c1-9(20)19-5-4-17-13(8-19)14(21)18-11-2-3-12(15)10(6-11)7-16/h2-3,6,13,17H,4-5,8H2,1H3,(H,18,21). The highest BCUT2D eigenvalue weighted by Crippen LogP contribution is 2.19. The fraction of sp³-hybridized carbons (Fsp3) is 0.357. The van der Waals surface area contributed by atoms with Gasteiger partial charge in [0.2, 0.25) is 11.8 Å². The molecule has 7 heteroatoms. The van der Waals surface area contributed by atoms with Crippen LogP contribution >= 0.6 is 11.6 Å². The Hall–Kier alpha value is -2.10. The van der Waals surface area contributed by atoms with Gasteiger partial charge in [0.1, 0.15) is 12.1 Å². The second-order valence-electron chi connectivity index (χ2n) is 4.77. The molecule has 110 valence electrons. The number of rotatable bonds is 2. The SMILES string of the molecule is CC(=O)N1CCNC(C(=O)Nc2ccc(Cl)c(C#N)c2)C1. The van der Waals surface area contributed by atoms with Crippen molar-refractivity contribution in [3.05, 3.63) is 28.8 Å². The number of nitrogens with zero attached hydrogens (tertiary/aromatic N) is 2. The fourth-order valence-electron chi connectivity index (χ4n) is 2.13. The molecule has 0 aliphatic carbocycles. The monoisotopic (exact) mass is 306 g/mol. The van der Waals surface area contributed by atoms with E-state index in [0.29, 0.717) is 35.9 Å². The Bertz CT molecular complexity index is 611. The van der Waals surface area contributed by atoms with E-state index in [1.807, 2.05) is 6.07 Å². The van der Waals surface area contributed by atoms with E-state index in [1.54, 1.807) is 17.0 Å². The van der Waals surface area contributed by atoms with Crippen molar-refractivity contribution in [2.24, 2.45) is 0 Å². The van der Waals surface area contributed by atoms with Crippen LogP contribution in [-0.2, 0) is 9.59 Å². The van der Waals surface area contributed by atoms with Crippen molar-refractivity contribution < 1.29 is 9.59 Å². The van der Waals surface area contributed by atoms with E-state index < -0.39 is 6.04 Å².